The van der Waals surface area contributed by atoms with Crippen molar-refractivity contribution in [3.05, 3.63) is 125 Å². The van der Waals surface area contributed by atoms with Gasteiger partial charge in [-0.2, -0.15) is 0 Å². The van der Waals surface area contributed by atoms with E-state index in [9.17, 15) is 4.79 Å². The van der Waals surface area contributed by atoms with Crippen molar-refractivity contribution in [2.75, 3.05) is 25.0 Å². The lowest BCUT2D eigenvalue weighted by molar-refractivity contribution is 0.0958. The SMILES string of the molecule is O=C(Nc1ccccc1)N1CCN(Cc2ccc(-c3ccccc3Cl)cc2)C[C@H]1Cc1ccccc1. The number of nitrogens with zero attached hydrogens (tertiary/aromatic N) is 2. The number of halogens is 1. The maximum atomic E-state index is 13.2. The Morgan fingerprint density at radius 3 is 2.17 bits per heavy atom. The van der Waals surface area contributed by atoms with Gasteiger partial charge in [-0.05, 0) is 41.3 Å². The number of para-hydroxylation sites is 1. The summed E-state index contributed by atoms with van der Waals surface area (Å²) < 4.78 is 0. The lowest BCUT2D eigenvalue weighted by Gasteiger charge is -2.41. The average Bonchev–Trinajstić information content (AvgIpc) is 2.91. The fourth-order valence-electron chi connectivity index (χ4n) is 4.85. The normalized spacial score (nSPS) is 16.0. The number of anilines is 1. The topological polar surface area (TPSA) is 35.6 Å². The third kappa shape index (κ3) is 5.96. The number of amides is 2. The number of hydrogen-bond donors (Lipinski definition) is 1. The van der Waals surface area contributed by atoms with Gasteiger partial charge in [-0.3, -0.25) is 4.90 Å². The number of carbonyl (C=O) groups excluding carboxylic acids is 1. The molecule has 0 bridgehead atoms. The second-order valence-electron chi connectivity index (χ2n) is 9.25. The summed E-state index contributed by atoms with van der Waals surface area (Å²) in [5, 5.41) is 3.84. The molecule has 0 unspecified atom stereocenters. The number of rotatable bonds is 6. The van der Waals surface area contributed by atoms with Crippen molar-refractivity contribution >= 4 is 23.3 Å². The van der Waals surface area contributed by atoms with E-state index >= 15 is 0 Å². The van der Waals surface area contributed by atoms with Gasteiger partial charge in [-0.1, -0.05) is 103 Å². The van der Waals surface area contributed by atoms with Crippen molar-refractivity contribution < 1.29 is 4.79 Å². The maximum Gasteiger partial charge on any atom is 0.322 e. The summed E-state index contributed by atoms with van der Waals surface area (Å²) in [5.41, 5.74) is 5.49. The van der Waals surface area contributed by atoms with Crippen LogP contribution in [0.2, 0.25) is 5.02 Å². The van der Waals surface area contributed by atoms with Gasteiger partial charge in [0.05, 0.1) is 6.04 Å². The van der Waals surface area contributed by atoms with E-state index in [-0.39, 0.29) is 12.1 Å². The highest BCUT2D eigenvalue weighted by Crippen LogP contribution is 2.28. The molecule has 36 heavy (non-hydrogen) atoms. The molecular formula is C31H30ClN3O. The van der Waals surface area contributed by atoms with Gasteiger partial charge in [-0.25, -0.2) is 4.79 Å². The maximum absolute atomic E-state index is 13.2. The Morgan fingerprint density at radius 1 is 0.778 bits per heavy atom. The molecule has 5 heteroatoms. The van der Waals surface area contributed by atoms with E-state index in [0.29, 0.717) is 6.54 Å². The molecule has 0 saturated carbocycles. The Balaban J connectivity index is 1.28. The molecule has 2 amide bonds. The zero-order valence-electron chi connectivity index (χ0n) is 20.2. The van der Waals surface area contributed by atoms with Crippen molar-refractivity contribution in [2.24, 2.45) is 0 Å². The first-order chi connectivity index (χ1) is 17.7. The Morgan fingerprint density at radius 2 is 1.44 bits per heavy atom. The van der Waals surface area contributed by atoms with Gasteiger partial charge in [0.15, 0.2) is 0 Å². The highest BCUT2D eigenvalue weighted by atomic mass is 35.5. The van der Waals surface area contributed by atoms with Crippen LogP contribution in [0.15, 0.2) is 109 Å². The second kappa shape index (κ2) is 11.4. The van der Waals surface area contributed by atoms with Gasteiger partial charge in [0.1, 0.15) is 0 Å². The van der Waals surface area contributed by atoms with Crippen LogP contribution in [0.5, 0.6) is 0 Å². The third-order valence-corrected chi connectivity index (χ3v) is 7.04. The van der Waals surface area contributed by atoms with Gasteiger partial charge in [0.2, 0.25) is 0 Å². The molecule has 1 saturated heterocycles. The Kier molecular flexibility index (Phi) is 7.65. The molecule has 1 aliphatic rings. The lowest BCUT2D eigenvalue weighted by Crippen LogP contribution is -2.56. The van der Waals surface area contributed by atoms with Crippen molar-refractivity contribution in [2.45, 2.75) is 19.0 Å². The highest BCUT2D eigenvalue weighted by molar-refractivity contribution is 6.33. The second-order valence-corrected chi connectivity index (χ2v) is 9.65. The molecule has 0 spiro atoms. The minimum atomic E-state index is -0.0362. The zero-order valence-corrected chi connectivity index (χ0v) is 20.9. The summed E-state index contributed by atoms with van der Waals surface area (Å²) in [5.74, 6) is 0. The van der Waals surface area contributed by atoms with Crippen LogP contribution in [0.3, 0.4) is 0 Å². The summed E-state index contributed by atoms with van der Waals surface area (Å²) in [6.07, 6.45) is 0.824. The van der Waals surface area contributed by atoms with Crippen molar-refractivity contribution in [1.29, 1.82) is 0 Å². The minimum absolute atomic E-state index is 0.0362. The number of carbonyl (C=O) groups is 1. The van der Waals surface area contributed by atoms with E-state index in [2.05, 4.69) is 58.7 Å². The molecular weight excluding hydrogens is 466 g/mol. The first-order valence-electron chi connectivity index (χ1n) is 12.4. The van der Waals surface area contributed by atoms with E-state index in [1.54, 1.807) is 0 Å². The van der Waals surface area contributed by atoms with Crippen LogP contribution in [0.25, 0.3) is 11.1 Å². The molecule has 1 N–H and O–H groups in total. The molecule has 4 nitrogen and oxygen atoms in total. The van der Waals surface area contributed by atoms with E-state index in [1.165, 1.54) is 11.1 Å². The summed E-state index contributed by atoms with van der Waals surface area (Å²) in [4.78, 5) is 17.7. The van der Waals surface area contributed by atoms with Crippen molar-refractivity contribution in [3.63, 3.8) is 0 Å². The predicted octanol–water partition coefficient (Wildman–Crippen LogP) is 6.97. The summed E-state index contributed by atoms with van der Waals surface area (Å²) in [6, 6.07) is 36.7. The zero-order chi connectivity index (χ0) is 24.7. The molecule has 1 fully saturated rings. The quantitative estimate of drug-likeness (QED) is 0.313. The Bertz CT molecular complexity index is 1280. The Hall–Kier alpha value is -3.60. The molecule has 4 aromatic carbocycles. The standard InChI is InChI=1S/C31H30ClN3O/c32-30-14-8-7-13-29(30)26-17-15-25(16-18-26)22-34-19-20-35(31(36)33-27-11-5-2-6-12-27)28(23-34)21-24-9-3-1-4-10-24/h1-18,28H,19-23H2,(H,33,36)/t28-/m1/s1. The summed E-state index contributed by atoms with van der Waals surface area (Å²) in [6.45, 7) is 3.19. The summed E-state index contributed by atoms with van der Waals surface area (Å²) >= 11 is 6.38. The monoisotopic (exact) mass is 495 g/mol. The molecule has 182 valence electrons. The Labute approximate surface area is 218 Å². The number of nitrogens with one attached hydrogen (secondary N) is 1. The number of benzene rings is 4. The number of hydrogen-bond acceptors (Lipinski definition) is 2. The first kappa shape index (κ1) is 24.1. The lowest BCUT2D eigenvalue weighted by atomic mass is 10.0. The molecule has 5 rings (SSSR count). The molecule has 0 radical (unpaired) electrons. The van der Waals surface area contributed by atoms with Crippen LogP contribution < -0.4 is 5.32 Å². The van der Waals surface area contributed by atoms with E-state index < -0.39 is 0 Å². The molecule has 1 heterocycles. The number of piperazine rings is 1. The van der Waals surface area contributed by atoms with Gasteiger partial charge >= 0.3 is 6.03 Å². The van der Waals surface area contributed by atoms with E-state index in [1.807, 2.05) is 65.6 Å². The van der Waals surface area contributed by atoms with Gasteiger partial charge in [-0.15, -0.1) is 0 Å². The average molecular weight is 496 g/mol. The minimum Gasteiger partial charge on any atom is -0.319 e. The molecule has 1 atom stereocenters. The van der Waals surface area contributed by atoms with Crippen molar-refractivity contribution in [1.82, 2.24) is 9.80 Å². The molecule has 1 aliphatic heterocycles. The molecule has 0 aromatic heterocycles. The summed E-state index contributed by atoms with van der Waals surface area (Å²) in [7, 11) is 0. The van der Waals surface area contributed by atoms with Crippen LogP contribution in [0, 0.1) is 0 Å². The largest absolute Gasteiger partial charge is 0.322 e. The van der Waals surface area contributed by atoms with Crippen LogP contribution >= 0.6 is 11.6 Å². The van der Waals surface area contributed by atoms with E-state index in [4.69, 9.17) is 11.6 Å². The molecule has 0 aliphatic carbocycles. The third-order valence-electron chi connectivity index (χ3n) is 6.71. The fraction of sp³-hybridized carbons (Fsp3) is 0.194. The first-order valence-corrected chi connectivity index (χ1v) is 12.8. The molecule has 4 aromatic rings. The highest BCUT2D eigenvalue weighted by Gasteiger charge is 2.30. The van der Waals surface area contributed by atoms with E-state index in [0.717, 1.165) is 47.9 Å². The van der Waals surface area contributed by atoms with Crippen LogP contribution in [0.1, 0.15) is 11.1 Å². The smallest absolute Gasteiger partial charge is 0.319 e. The number of urea groups is 1. The fourth-order valence-corrected chi connectivity index (χ4v) is 5.10. The van der Waals surface area contributed by atoms with Crippen LogP contribution in [-0.2, 0) is 13.0 Å². The van der Waals surface area contributed by atoms with Crippen molar-refractivity contribution in [3.8, 4) is 11.1 Å². The van der Waals surface area contributed by atoms with Gasteiger partial charge in [0, 0.05) is 42.5 Å². The van der Waals surface area contributed by atoms with Crippen LogP contribution in [0.4, 0.5) is 10.5 Å². The van der Waals surface area contributed by atoms with Gasteiger partial charge < -0.3 is 10.2 Å². The predicted molar refractivity (Wildman–Crippen MR) is 148 cm³/mol. The van der Waals surface area contributed by atoms with Gasteiger partial charge in [0.25, 0.3) is 0 Å². The van der Waals surface area contributed by atoms with Crippen LogP contribution in [-0.4, -0.2) is 41.5 Å².